The van der Waals surface area contributed by atoms with E-state index in [0.717, 1.165) is 37.3 Å². The Bertz CT molecular complexity index is 695. The Morgan fingerprint density at radius 1 is 1.16 bits per heavy atom. The van der Waals surface area contributed by atoms with Crippen LogP contribution in [0.15, 0.2) is 30.6 Å². The fourth-order valence-electron chi connectivity index (χ4n) is 2.59. The molecule has 6 heteroatoms. The molecule has 0 fully saturated rings. The Labute approximate surface area is 149 Å². The van der Waals surface area contributed by atoms with Gasteiger partial charge in [0, 0.05) is 13.1 Å². The van der Waals surface area contributed by atoms with Crippen molar-refractivity contribution in [1.29, 1.82) is 0 Å². The van der Waals surface area contributed by atoms with Crippen LogP contribution in [0.5, 0.6) is 5.75 Å². The minimum absolute atomic E-state index is 0.278. The number of aryl methyl sites for hydroxylation is 1. The summed E-state index contributed by atoms with van der Waals surface area (Å²) in [5.41, 5.74) is 1.93. The van der Waals surface area contributed by atoms with Crippen LogP contribution in [0.1, 0.15) is 42.7 Å². The third kappa shape index (κ3) is 4.92. The predicted octanol–water partition coefficient (Wildman–Crippen LogP) is 3.67. The summed E-state index contributed by atoms with van der Waals surface area (Å²) in [4.78, 5) is 23.3. The number of rotatable bonds is 8. The van der Waals surface area contributed by atoms with Crippen molar-refractivity contribution in [3.05, 3.63) is 41.9 Å². The van der Waals surface area contributed by atoms with Gasteiger partial charge in [0.05, 0.1) is 25.2 Å². The van der Waals surface area contributed by atoms with E-state index in [1.807, 2.05) is 25.1 Å². The summed E-state index contributed by atoms with van der Waals surface area (Å²) in [6, 6.07) is 5.62. The number of hydrogen-bond donors (Lipinski definition) is 1. The second-order valence-corrected chi connectivity index (χ2v) is 5.90. The van der Waals surface area contributed by atoms with Crippen LogP contribution >= 0.6 is 0 Å². The number of amides is 1. The van der Waals surface area contributed by atoms with Gasteiger partial charge in [0.25, 0.3) is 5.91 Å². The molecular weight excluding hydrogens is 316 g/mol. The largest absolute Gasteiger partial charge is 0.495 e. The molecule has 6 nitrogen and oxygen atoms in total. The number of ether oxygens (including phenoxy) is 1. The molecule has 1 heterocycles. The van der Waals surface area contributed by atoms with E-state index in [1.165, 1.54) is 6.20 Å². The van der Waals surface area contributed by atoms with Gasteiger partial charge < -0.3 is 15.0 Å². The molecule has 2 aromatic rings. The van der Waals surface area contributed by atoms with Gasteiger partial charge in [-0.05, 0) is 37.5 Å². The summed E-state index contributed by atoms with van der Waals surface area (Å²) < 4.78 is 5.28. The van der Waals surface area contributed by atoms with Crippen molar-refractivity contribution in [2.24, 2.45) is 0 Å². The Balaban J connectivity index is 2.14. The molecule has 0 bridgehead atoms. The van der Waals surface area contributed by atoms with Crippen molar-refractivity contribution in [2.45, 2.75) is 33.6 Å². The smallest absolute Gasteiger partial charge is 0.275 e. The summed E-state index contributed by atoms with van der Waals surface area (Å²) in [5.74, 6) is 1.11. The van der Waals surface area contributed by atoms with Crippen molar-refractivity contribution >= 4 is 17.4 Å². The number of nitrogens with zero attached hydrogens (tertiary/aromatic N) is 3. The van der Waals surface area contributed by atoms with Gasteiger partial charge in [-0.15, -0.1) is 0 Å². The maximum atomic E-state index is 12.4. The fourth-order valence-corrected chi connectivity index (χ4v) is 2.59. The van der Waals surface area contributed by atoms with E-state index in [9.17, 15) is 4.79 Å². The van der Waals surface area contributed by atoms with E-state index in [4.69, 9.17) is 4.74 Å². The molecule has 1 N–H and O–H groups in total. The lowest BCUT2D eigenvalue weighted by Crippen LogP contribution is -2.26. The van der Waals surface area contributed by atoms with Crippen LogP contribution in [-0.2, 0) is 0 Å². The van der Waals surface area contributed by atoms with Gasteiger partial charge in [0.2, 0.25) is 0 Å². The van der Waals surface area contributed by atoms with Gasteiger partial charge in [0.15, 0.2) is 0 Å². The maximum Gasteiger partial charge on any atom is 0.275 e. The normalized spacial score (nSPS) is 10.4. The van der Waals surface area contributed by atoms with Gasteiger partial charge in [0.1, 0.15) is 17.3 Å². The number of carbonyl (C=O) groups excluding carboxylic acids is 1. The van der Waals surface area contributed by atoms with E-state index in [2.05, 4.69) is 34.0 Å². The van der Waals surface area contributed by atoms with E-state index >= 15 is 0 Å². The first-order valence-electron chi connectivity index (χ1n) is 8.62. The molecule has 0 saturated heterocycles. The van der Waals surface area contributed by atoms with Crippen LogP contribution in [-0.4, -0.2) is 36.1 Å². The third-order valence-electron chi connectivity index (χ3n) is 3.79. The molecule has 1 aromatic carbocycles. The minimum Gasteiger partial charge on any atom is -0.495 e. The van der Waals surface area contributed by atoms with Gasteiger partial charge in [-0.1, -0.05) is 19.9 Å². The molecule has 1 amide bonds. The quantitative estimate of drug-likeness (QED) is 0.793. The second kappa shape index (κ2) is 9.01. The van der Waals surface area contributed by atoms with Crippen molar-refractivity contribution in [3.63, 3.8) is 0 Å². The second-order valence-electron chi connectivity index (χ2n) is 5.90. The van der Waals surface area contributed by atoms with Crippen LogP contribution in [0.4, 0.5) is 11.5 Å². The lowest BCUT2D eigenvalue weighted by atomic mass is 10.2. The highest BCUT2D eigenvalue weighted by atomic mass is 16.5. The van der Waals surface area contributed by atoms with Crippen molar-refractivity contribution in [3.8, 4) is 5.75 Å². The first-order chi connectivity index (χ1) is 12.1. The molecule has 134 valence electrons. The van der Waals surface area contributed by atoms with Crippen molar-refractivity contribution < 1.29 is 9.53 Å². The highest BCUT2D eigenvalue weighted by Crippen LogP contribution is 2.25. The lowest BCUT2D eigenvalue weighted by Gasteiger charge is -2.22. The van der Waals surface area contributed by atoms with Crippen LogP contribution in [0.3, 0.4) is 0 Å². The Morgan fingerprint density at radius 3 is 2.44 bits per heavy atom. The number of nitrogens with one attached hydrogen (secondary N) is 1. The molecule has 1 aromatic heterocycles. The molecule has 0 aliphatic rings. The molecular formula is C19H26N4O2. The molecule has 25 heavy (non-hydrogen) atoms. The summed E-state index contributed by atoms with van der Waals surface area (Å²) >= 11 is 0. The number of carbonyl (C=O) groups is 1. The zero-order chi connectivity index (χ0) is 18.2. The van der Waals surface area contributed by atoms with Crippen LogP contribution < -0.4 is 15.0 Å². The molecule has 0 aliphatic carbocycles. The van der Waals surface area contributed by atoms with Crippen LogP contribution in [0.2, 0.25) is 0 Å². The average Bonchev–Trinajstić information content (AvgIpc) is 2.62. The maximum absolute atomic E-state index is 12.4. The van der Waals surface area contributed by atoms with Gasteiger partial charge in [-0.2, -0.15) is 0 Å². The van der Waals surface area contributed by atoms with Gasteiger partial charge in [-0.3, -0.25) is 4.79 Å². The molecule has 0 aliphatic heterocycles. The number of methoxy groups -OCH3 is 1. The highest BCUT2D eigenvalue weighted by Gasteiger charge is 2.13. The molecule has 0 atom stereocenters. The van der Waals surface area contributed by atoms with E-state index in [1.54, 1.807) is 13.3 Å². The van der Waals surface area contributed by atoms with E-state index in [0.29, 0.717) is 11.4 Å². The molecule has 0 saturated carbocycles. The predicted molar refractivity (Wildman–Crippen MR) is 101 cm³/mol. The summed E-state index contributed by atoms with van der Waals surface area (Å²) in [7, 11) is 1.57. The Kier molecular flexibility index (Phi) is 6.74. The Morgan fingerprint density at radius 2 is 1.88 bits per heavy atom. The monoisotopic (exact) mass is 342 g/mol. The van der Waals surface area contributed by atoms with Crippen LogP contribution in [0.25, 0.3) is 0 Å². The number of aromatic nitrogens is 2. The lowest BCUT2D eigenvalue weighted by molar-refractivity contribution is 0.102. The minimum atomic E-state index is -0.305. The number of hydrogen-bond acceptors (Lipinski definition) is 5. The topological polar surface area (TPSA) is 67.4 Å². The SMILES string of the molecule is CCCN(CCC)c1cnc(C(=O)Nc2cc(C)ccc2OC)cn1. The summed E-state index contributed by atoms with van der Waals surface area (Å²) in [5, 5.41) is 2.84. The summed E-state index contributed by atoms with van der Waals surface area (Å²) in [6.45, 7) is 8.07. The Hall–Kier alpha value is -2.63. The number of anilines is 2. The molecule has 0 spiro atoms. The standard InChI is InChI=1S/C19H26N4O2/c1-5-9-23(10-6-2)18-13-20-16(12-21-18)19(24)22-15-11-14(3)7-8-17(15)25-4/h7-8,11-13H,5-6,9-10H2,1-4H3,(H,22,24). The zero-order valence-corrected chi connectivity index (χ0v) is 15.4. The molecule has 0 unspecified atom stereocenters. The third-order valence-corrected chi connectivity index (χ3v) is 3.79. The van der Waals surface area contributed by atoms with Crippen molar-refractivity contribution in [2.75, 3.05) is 30.4 Å². The van der Waals surface area contributed by atoms with Crippen LogP contribution in [0, 0.1) is 6.92 Å². The van der Waals surface area contributed by atoms with Gasteiger partial charge >= 0.3 is 0 Å². The van der Waals surface area contributed by atoms with Gasteiger partial charge in [-0.25, -0.2) is 9.97 Å². The molecule has 2 rings (SSSR count). The first-order valence-corrected chi connectivity index (χ1v) is 8.62. The average molecular weight is 342 g/mol. The first kappa shape index (κ1) is 18.7. The number of benzene rings is 1. The van der Waals surface area contributed by atoms with E-state index < -0.39 is 0 Å². The van der Waals surface area contributed by atoms with Crippen molar-refractivity contribution in [1.82, 2.24) is 9.97 Å². The zero-order valence-electron chi connectivity index (χ0n) is 15.4. The van der Waals surface area contributed by atoms with E-state index in [-0.39, 0.29) is 11.6 Å². The fraction of sp³-hybridized carbons (Fsp3) is 0.421. The molecule has 0 radical (unpaired) electrons. The summed E-state index contributed by atoms with van der Waals surface area (Å²) in [6.07, 6.45) is 5.26. The highest BCUT2D eigenvalue weighted by molar-refractivity contribution is 6.03.